The van der Waals surface area contributed by atoms with Crippen LogP contribution in [-0.4, -0.2) is 6.04 Å². The first-order valence-electron chi connectivity index (χ1n) is 6.43. The second-order valence-electron chi connectivity index (χ2n) is 4.77. The number of halogens is 2. The molecule has 2 nitrogen and oxygen atoms in total. The third-order valence-electron chi connectivity index (χ3n) is 2.99. The van der Waals surface area contributed by atoms with E-state index in [-0.39, 0.29) is 18.0 Å². The Morgan fingerprint density at radius 2 is 1.90 bits per heavy atom. The van der Waals surface area contributed by atoms with Crippen LogP contribution in [0, 0.1) is 5.82 Å². The van der Waals surface area contributed by atoms with Gasteiger partial charge in [-0.1, -0.05) is 35.9 Å². The molecule has 4 heteroatoms. The van der Waals surface area contributed by atoms with E-state index in [0.29, 0.717) is 11.6 Å². The van der Waals surface area contributed by atoms with Crippen molar-refractivity contribution in [2.45, 2.75) is 25.7 Å². The van der Waals surface area contributed by atoms with Crippen molar-refractivity contribution in [3.8, 4) is 0 Å². The van der Waals surface area contributed by atoms with Gasteiger partial charge in [0.1, 0.15) is 5.82 Å². The Hall–Kier alpha value is -1.42. The van der Waals surface area contributed by atoms with E-state index in [4.69, 9.17) is 22.1 Å². The molecule has 0 heterocycles. The summed E-state index contributed by atoms with van der Waals surface area (Å²) >= 11 is 5.94. The maximum absolute atomic E-state index is 13.0. The van der Waals surface area contributed by atoms with Crippen molar-refractivity contribution in [3.05, 3.63) is 70.5 Å². The Morgan fingerprint density at radius 1 is 1.20 bits per heavy atom. The molecule has 2 atom stereocenters. The molecule has 2 aromatic carbocycles. The Bertz CT molecular complexity index is 557. The van der Waals surface area contributed by atoms with Gasteiger partial charge in [0.05, 0.1) is 12.7 Å². The molecule has 2 unspecified atom stereocenters. The van der Waals surface area contributed by atoms with Gasteiger partial charge in [0.15, 0.2) is 0 Å². The van der Waals surface area contributed by atoms with Gasteiger partial charge in [-0.15, -0.1) is 0 Å². The molecule has 0 bridgehead atoms. The molecule has 0 aliphatic rings. The zero-order valence-electron chi connectivity index (χ0n) is 11.2. The second-order valence-corrected chi connectivity index (χ2v) is 5.21. The molecule has 2 rings (SSSR count). The van der Waals surface area contributed by atoms with Crippen molar-refractivity contribution in [3.63, 3.8) is 0 Å². The van der Waals surface area contributed by atoms with E-state index in [2.05, 4.69) is 0 Å². The molecule has 0 fully saturated rings. The van der Waals surface area contributed by atoms with Crippen molar-refractivity contribution in [1.82, 2.24) is 0 Å². The average Bonchev–Trinajstić information content (AvgIpc) is 2.41. The summed E-state index contributed by atoms with van der Waals surface area (Å²) < 4.78 is 18.8. The maximum atomic E-state index is 13.0. The minimum atomic E-state index is -0.283. The summed E-state index contributed by atoms with van der Waals surface area (Å²) in [6.45, 7) is 2.27. The number of nitrogens with two attached hydrogens (primary N) is 1. The largest absolute Gasteiger partial charge is 0.367 e. The van der Waals surface area contributed by atoms with Crippen LogP contribution >= 0.6 is 11.6 Å². The molecule has 0 amide bonds. The standard InChI is InChI=1S/C16H17ClFNO/c1-11(19)16(13-5-7-15(18)8-6-13)20-10-12-3-2-4-14(17)9-12/h2-9,11,16H,10,19H2,1H3. The third kappa shape index (κ3) is 4.04. The topological polar surface area (TPSA) is 35.2 Å². The average molecular weight is 294 g/mol. The molecule has 0 aromatic heterocycles. The van der Waals surface area contributed by atoms with Crippen LogP contribution < -0.4 is 5.73 Å². The van der Waals surface area contributed by atoms with Crippen LogP contribution in [0.15, 0.2) is 48.5 Å². The molecule has 20 heavy (non-hydrogen) atoms. The van der Waals surface area contributed by atoms with Crippen LogP contribution in [0.5, 0.6) is 0 Å². The molecule has 0 saturated carbocycles. The molecule has 0 aliphatic carbocycles. The van der Waals surface area contributed by atoms with E-state index in [1.165, 1.54) is 12.1 Å². The molecule has 2 aromatic rings. The van der Waals surface area contributed by atoms with Crippen molar-refractivity contribution in [2.75, 3.05) is 0 Å². The highest BCUT2D eigenvalue weighted by Gasteiger charge is 2.17. The van der Waals surface area contributed by atoms with E-state index < -0.39 is 0 Å². The van der Waals surface area contributed by atoms with Gasteiger partial charge in [0.25, 0.3) is 0 Å². The summed E-state index contributed by atoms with van der Waals surface area (Å²) in [4.78, 5) is 0. The lowest BCUT2D eigenvalue weighted by molar-refractivity contribution is 0.0258. The van der Waals surface area contributed by atoms with E-state index >= 15 is 0 Å². The highest BCUT2D eigenvalue weighted by atomic mass is 35.5. The van der Waals surface area contributed by atoms with Crippen LogP contribution in [-0.2, 0) is 11.3 Å². The molecule has 106 valence electrons. The number of hydrogen-bond donors (Lipinski definition) is 1. The fraction of sp³-hybridized carbons (Fsp3) is 0.250. The summed E-state index contributed by atoms with van der Waals surface area (Å²) in [5.41, 5.74) is 7.80. The molecule has 0 saturated heterocycles. The summed E-state index contributed by atoms with van der Waals surface area (Å²) in [5.74, 6) is -0.271. The molecular weight excluding hydrogens is 277 g/mol. The quantitative estimate of drug-likeness (QED) is 0.901. The fourth-order valence-electron chi connectivity index (χ4n) is 2.02. The Labute approximate surface area is 123 Å². The van der Waals surface area contributed by atoms with E-state index in [0.717, 1.165) is 11.1 Å². The third-order valence-corrected chi connectivity index (χ3v) is 3.23. The zero-order chi connectivity index (χ0) is 14.5. The summed E-state index contributed by atoms with van der Waals surface area (Å²) in [6, 6.07) is 13.5. The first kappa shape index (κ1) is 15.0. The maximum Gasteiger partial charge on any atom is 0.123 e. The minimum Gasteiger partial charge on any atom is -0.367 e. The van der Waals surface area contributed by atoms with E-state index in [1.54, 1.807) is 12.1 Å². The first-order chi connectivity index (χ1) is 9.56. The van der Waals surface area contributed by atoms with Crippen molar-refractivity contribution >= 4 is 11.6 Å². The lowest BCUT2D eigenvalue weighted by Gasteiger charge is -2.22. The monoisotopic (exact) mass is 293 g/mol. The summed E-state index contributed by atoms with van der Waals surface area (Å²) in [6.07, 6.45) is -0.283. The van der Waals surface area contributed by atoms with Gasteiger partial charge in [-0.05, 0) is 42.3 Å². The Balaban J connectivity index is 2.08. The van der Waals surface area contributed by atoms with Crippen LogP contribution in [0.3, 0.4) is 0 Å². The normalized spacial score (nSPS) is 14.0. The lowest BCUT2D eigenvalue weighted by atomic mass is 10.0. The van der Waals surface area contributed by atoms with Crippen LogP contribution in [0.2, 0.25) is 5.02 Å². The highest BCUT2D eigenvalue weighted by Crippen LogP contribution is 2.23. The SMILES string of the molecule is CC(N)C(OCc1cccc(Cl)c1)c1ccc(F)cc1. The zero-order valence-corrected chi connectivity index (χ0v) is 12.0. The van der Waals surface area contributed by atoms with Crippen molar-refractivity contribution in [2.24, 2.45) is 5.73 Å². The fourth-order valence-corrected chi connectivity index (χ4v) is 2.23. The van der Waals surface area contributed by atoms with E-state index in [9.17, 15) is 4.39 Å². The molecular formula is C16H17ClFNO. The first-order valence-corrected chi connectivity index (χ1v) is 6.81. The number of ether oxygens (including phenoxy) is 1. The van der Waals surface area contributed by atoms with Crippen molar-refractivity contribution < 1.29 is 9.13 Å². The van der Waals surface area contributed by atoms with Crippen LogP contribution in [0.1, 0.15) is 24.2 Å². The smallest absolute Gasteiger partial charge is 0.123 e. The summed E-state index contributed by atoms with van der Waals surface area (Å²) in [5, 5.41) is 0.672. The molecule has 0 radical (unpaired) electrons. The van der Waals surface area contributed by atoms with Gasteiger partial charge in [-0.3, -0.25) is 0 Å². The van der Waals surface area contributed by atoms with Gasteiger partial charge in [0.2, 0.25) is 0 Å². The summed E-state index contributed by atoms with van der Waals surface area (Å²) in [7, 11) is 0. The molecule has 0 spiro atoms. The Morgan fingerprint density at radius 3 is 2.50 bits per heavy atom. The second kappa shape index (κ2) is 6.84. The van der Waals surface area contributed by atoms with Crippen LogP contribution in [0.4, 0.5) is 4.39 Å². The Kier molecular flexibility index (Phi) is 5.12. The van der Waals surface area contributed by atoms with Gasteiger partial charge in [-0.25, -0.2) is 4.39 Å². The van der Waals surface area contributed by atoms with E-state index in [1.807, 2.05) is 31.2 Å². The highest BCUT2D eigenvalue weighted by molar-refractivity contribution is 6.30. The van der Waals surface area contributed by atoms with Crippen LogP contribution in [0.25, 0.3) is 0 Å². The van der Waals surface area contributed by atoms with Gasteiger partial charge >= 0.3 is 0 Å². The number of hydrogen-bond acceptors (Lipinski definition) is 2. The predicted octanol–water partition coefficient (Wildman–Crippen LogP) is 4.08. The van der Waals surface area contributed by atoms with Gasteiger partial charge in [0, 0.05) is 11.1 Å². The lowest BCUT2D eigenvalue weighted by Crippen LogP contribution is -2.27. The van der Waals surface area contributed by atoms with Gasteiger partial charge in [-0.2, -0.15) is 0 Å². The van der Waals surface area contributed by atoms with Gasteiger partial charge < -0.3 is 10.5 Å². The predicted molar refractivity (Wildman–Crippen MR) is 79.0 cm³/mol. The minimum absolute atomic E-state index is 0.195. The molecule has 0 aliphatic heterocycles. The van der Waals surface area contributed by atoms with Crippen molar-refractivity contribution in [1.29, 1.82) is 0 Å². The number of benzene rings is 2. The number of rotatable bonds is 5. The molecule has 2 N–H and O–H groups in total.